The van der Waals surface area contributed by atoms with E-state index in [2.05, 4.69) is 15.6 Å². The summed E-state index contributed by atoms with van der Waals surface area (Å²) in [7, 11) is 0. The number of phenolic OH excluding ortho intramolecular Hbond substituents is 1. The van der Waals surface area contributed by atoms with Crippen molar-refractivity contribution in [3.05, 3.63) is 84.3 Å². The summed E-state index contributed by atoms with van der Waals surface area (Å²) in [6, 6.07) is 14.9. The lowest BCUT2D eigenvalue weighted by molar-refractivity contribution is -0.127. The van der Waals surface area contributed by atoms with Gasteiger partial charge in [0.15, 0.2) is 0 Å². The first kappa shape index (κ1) is 25.4. The van der Waals surface area contributed by atoms with E-state index in [1.807, 2.05) is 0 Å². The number of rotatable bonds is 9. The zero-order chi connectivity index (χ0) is 25.4. The fourth-order valence-electron chi connectivity index (χ4n) is 3.48. The van der Waals surface area contributed by atoms with Crippen molar-refractivity contribution < 1.29 is 23.9 Å². The number of aromatic nitrogens is 1. The number of nitrogens with one attached hydrogen (secondary N) is 2. The Morgan fingerprint density at radius 3 is 2.37 bits per heavy atom. The first-order valence-corrected chi connectivity index (χ1v) is 11.1. The van der Waals surface area contributed by atoms with E-state index in [1.165, 1.54) is 53.6 Å². The lowest BCUT2D eigenvalue weighted by Gasteiger charge is -2.32. The van der Waals surface area contributed by atoms with E-state index in [0.717, 1.165) is 6.07 Å². The Morgan fingerprint density at radius 1 is 1.00 bits per heavy atom. The maximum atomic E-state index is 14.1. The predicted molar refractivity (Wildman–Crippen MR) is 130 cm³/mol. The van der Waals surface area contributed by atoms with Gasteiger partial charge in [0.2, 0.25) is 17.7 Å². The Kier molecular flexibility index (Phi) is 8.50. The molecule has 182 valence electrons. The minimum atomic E-state index is -1.16. The van der Waals surface area contributed by atoms with Crippen LogP contribution in [0.25, 0.3) is 0 Å². The minimum Gasteiger partial charge on any atom is -0.508 e. The molecule has 0 aliphatic carbocycles. The van der Waals surface area contributed by atoms with E-state index < -0.39 is 29.6 Å². The third kappa shape index (κ3) is 7.10. The van der Waals surface area contributed by atoms with Crippen molar-refractivity contribution in [3.63, 3.8) is 0 Å². The molecule has 35 heavy (non-hydrogen) atoms. The van der Waals surface area contributed by atoms with Gasteiger partial charge in [-0.2, -0.15) is 0 Å². The number of anilines is 2. The zero-order valence-electron chi connectivity index (χ0n) is 19.4. The van der Waals surface area contributed by atoms with E-state index >= 15 is 0 Å². The van der Waals surface area contributed by atoms with Crippen molar-refractivity contribution in [2.45, 2.75) is 38.8 Å². The number of aromatic hydroxyl groups is 1. The molecule has 3 aromatic rings. The van der Waals surface area contributed by atoms with E-state index in [0.29, 0.717) is 11.4 Å². The number of carbonyl (C=O) groups excluding carboxylic acids is 3. The van der Waals surface area contributed by atoms with Crippen molar-refractivity contribution in [3.8, 4) is 5.75 Å². The number of amides is 3. The number of hydrogen-bond acceptors (Lipinski definition) is 5. The third-order valence-electron chi connectivity index (χ3n) is 5.00. The number of carbonyl (C=O) groups is 3. The van der Waals surface area contributed by atoms with Crippen molar-refractivity contribution in [1.82, 2.24) is 10.3 Å². The molecular weight excluding hydrogens is 451 g/mol. The van der Waals surface area contributed by atoms with Crippen LogP contribution in [0.15, 0.2) is 72.9 Å². The van der Waals surface area contributed by atoms with Crippen LogP contribution < -0.4 is 15.5 Å². The lowest BCUT2D eigenvalue weighted by Crippen LogP contribution is -2.46. The van der Waals surface area contributed by atoms with E-state index in [9.17, 15) is 23.9 Å². The number of nitrogens with zero attached hydrogens (tertiary/aromatic N) is 2. The average Bonchev–Trinajstić information content (AvgIpc) is 2.82. The van der Waals surface area contributed by atoms with Crippen LogP contribution >= 0.6 is 0 Å². The molecule has 3 amide bonds. The summed E-state index contributed by atoms with van der Waals surface area (Å²) in [5.41, 5.74) is 0.577. The second-order valence-corrected chi connectivity index (χ2v) is 8.16. The standard InChI is InChI=1S/C26H27FN4O4/c1-17(2)29-26(35)25(18-9-11-21(32)12-10-18)31(20-7-5-6-19(27)16-20)24(34)14-13-23(33)30-22-8-3-4-15-28-22/h3-12,15-17,25,32H,13-14H2,1-2H3,(H,29,35)(H,28,30,33). The lowest BCUT2D eigenvalue weighted by atomic mass is 10.0. The van der Waals surface area contributed by atoms with Crippen LogP contribution in [-0.4, -0.2) is 33.9 Å². The van der Waals surface area contributed by atoms with Crippen molar-refractivity contribution in [2.24, 2.45) is 0 Å². The normalized spacial score (nSPS) is 11.5. The van der Waals surface area contributed by atoms with Crippen LogP contribution in [0.5, 0.6) is 5.75 Å². The van der Waals surface area contributed by atoms with Gasteiger partial charge >= 0.3 is 0 Å². The maximum Gasteiger partial charge on any atom is 0.248 e. The topological polar surface area (TPSA) is 112 Å². The Morgan fingerprint density at radius 2 is 1.74 bits per heavy atom. The predicted octanol–water partition coefficient (Wildman–Crippen LogP) is 3.94. The Bertz CT molecular complexity index is 1170. The second kappa shape index (κ2) is 11.7. The molecule has 3 rings (SSSR count). The van der Waals surface area contributed by atoms with Crippen molar-refractivity contribution in [1.29, 1.82) is 0 Å². The molecule has 1 atom stereocenters. The number of phenols is 1. The van der Waals surface area contributed by atoms with Gasteiger partial charge in [-0.1, -0.05) is 24.3 Å². The highest BCUT2D eigenvalue weighted by atomic mass is 19.1. The Balaban J connectivity index is 1.93. The van der Waals surface area contributed by atoms with Crippen LogP contribution in [0.2, 0.25) is 0 Å². The summed E-state index contributed by atoms with van der Waals surface area (Å²) in [6.07, 6.45) is 1.12. The van der Waals surface area contributed by atoms with Gasteiger partial charge in [0.1, 0.15) is 23.4 Å². The van der Waals surface area contributed by atoms with Gasteiger partial charge in [-0.25, -0.2) is 9.37 Å². The van der Waals surface area contributed by atoms with Gasteiger partial charge in [0.25, 0.3) is 0 Å². The molecular formula is C26H27FN4O4. The molecule has 1 unspecified atom stereocenters. The summed E-state index contributed by atoms with van der Waals surface area (Å²) in [4.78, 5) is 44.3. The van der Waals surface area contributed by atoms with Crippen LogP contribution in [0, 0.1) is 5.82 Å². The van der Waals surface area contributed by atoms with E-state index in [4.69, 9.17) is 0 Å². The number of hydrogen-bond donors (Lipinski definition) is 3. The highest BCUT2D eigenvalue weighted by Crippen LogP contribution is 2.30. The first-order valence-electron chi connectivity index (χ1n) is 11.1. The minimum absolute atomic E-state index is 0.00778. The summed E-state index contributed by atoms with van der Waals surface area (Å²) in [5, 5.41) is 15.1. The van der Waals surface area contributed by atoms with Gasteiger partial charge < -0.3 is 15.7 Å². The maximum absolute atomic E-state index is 14.1. The van der Waals surface area contributed by atoms with Crippen molar-refractivity contribution >= 4 is 29.2 Å². The molecule has 0 radical (unpaired) electrons. The number of halogens is 1. The number of benzene rings is 2. The van der Waals surface area contributed by atoms with E-state index in [1.54, 1.807) is 32.0 Å². The van der Waals surface area contributed by atoms with Gasteiger partial charge in [-0.15, -0.1) is 0 Å². The van der Waals surface area contributed by atoms with Crippen LogP contribution in [0.4, 0.5) is 15.9 Å². The fraction of sp³-hybridized carbons (Fsp3) is 0.231. The molecule has 0 spiro atoms. The highest BCUT2D eigenvalue weighted by Gasteiger charge is 2.33. The third-order valence-corrected chi connectivity index (χ3v) is 5.00. The summed E-state index contributed by atoms with van der Waals surface area (Å²) in [5.74, 6) is -1.70. The van der Waals surface area contributed by atoms with Gasteiger partial charge in [0.05, 0.1) is 0 Å². The van der Waals surface area contributed by atoms with Crippen LogP contribution in [0.1, 0.15) is 38.3 Å². The van der Waals surface area contributed by atoms with E-state index in [-0.39, 0.29) is 30.3 Å². The molecule has 0 aliphatic heterocycles. The largest absolute Gasteiger partial charge is 0.508 e. The highest BCUT2D eigenvalue weighted by molar-refractivity contribution is 6.03. The smallest absolute Gasteiger partial charge is 0.248 e. The second-order valence-electron chi connectivity index (χ2n) is 8.16. The SMILES string of the molecule is CC(C)NC(=O)C(c1ccc(O)cc1)N(C(=O)CCC(=O)Nc1ccccn1)c1cccc(F)c1. The fourth-order valence-corrected chi connectivity index (χ4v) is 3.48. The quantitative estimate of drug-likeness (QED) is 0.431. The molecule has 8 nitrogen and oxygen atoms in total. The molecule has 0 saturated carbocycles. The van der Waals surface area contributed by atoms with Crippen LogP contribution in [0.3, 0.4) is 0 Å². The first-order chi connectivity index (χ1) is 16.7. The molecule has 9 heteroatoms. The molecule has 0 bridgehead atoms. The van der Waals surface area contributed by atoms with Gasteiger partial charge in [-0.3, -0.25) is 19.3 Å². The average molecular weight is 479 g/mol. The van der Waals surface area contributed by atoms with Gasteiger partial charge in [-0.05, 0) is 61.9 Å². The van der Waals surface area contributed by atoms with Crippen molar-refractivity contribution in [2.75, 3.05) is 10.2 Å². The summed E-state index contributed by atoms with van der Waals surface area (Å²) in [6.45, 7) is 3.56. The Labute approximate surface area is 202 Å². The Hall–Kier alpha value is -4.27. The monoisotopic (exact) mass is 478 g/mol. The molecule has 0 aliphatic rings. The molecule has 0 fully saturated rings. The molecule has 1 aromatic heterocycles. The molecule has 2 aromatic carbocycles. The molecule has 0 saturated heterocycles. The summed E-state index contributed by atoms with van der Waals surface area (Å²) >= 11 is 0. The number of pyridine rings is 1. The van der Waals surface area contributed by atoms with Crippen LogP contribution in [-0.2, 0) is 14.4 Å². The molecule has 3 N–H and O–H groups in total. The van der Waals surface area contributed by atoms with Gasteiger partial charge in [0, 0.05) is 30.8 Å². The zero-order valence-corrected chi connectivity index (χ0v) is 19.4. The molecule has 1 heterocycles. The summed E-state index contributed by atoms with van der Waals surface area (Å²) < 4.78 is 14.1.